The molecule has 0 saturated heterocycles. The first kappa shape index (κ1) is 17.1. The Morgan fingerprint density at radius 1 is 1.25 bits per heavy atom. The van der Waals surface area contributed by atoms with Gasteiger partial charge in [0.05, 0.1) is 12.3 Å². The van der Waals surface area contributed by atoms with Gasteiger partial charge >= 0.3 is 0 Å². The summed E-state index contributed by atoms with van der Waals surface area (Å²) in [6, 6.07) is 10.9. The Kier molecular flexibility index (Phi) is 5.03. The Hall–Kier alpha value is -1.70. The predicted octanol–water partition coefficient (Wildman–Crippen LogP) is 2.14. The molecule has 128 valence electrons. The van der Waals surface area contributed by atoms with Crippen molar-refractivity contribution in [3.8, 4) is 0 Å². The van der Waals surface area contributed by atoms with Crippen molar-refractivity contribution in [2.24, 2.45) is 0 Å². The molecule has 1 atom stereocenters. The molecule has 0 radical (unpaired) electrons. The van der Waals surface area contributed by atoms with E-state index in [1.165, 1.54) is 4.31 Å². The number of benzene rings is 1. The molecular formula is C17H20N2O3S2. The molecule has 5 nitrogen and oxygen atoms in total. The first-order valence-electron chi connectivity index (χ1n) is 7.87. The van der Waals surface area contributed by atoms with E-state index in [0.717, 1.165) is 16.0 Å². The number of sulfonamides is 1. The van der Waals surface area contributed by atoms with E-state index in [9.17, 15) is 13.2 Å². The first-order chi connectivity index (χ1) is 11.5. The number of fused-ring (bicyclic) bond motifs is 1. The number of hydrogen-bond acceptors (Lipinski definition) is 4. The monoisotopic (exact) mass is 364 g/mol. The number of nitrogens with one attached hydrogen (secondary N) is 1. The lowest BCUT2D eigenvalue weighted by atomic mass is 9.95. The molecule has 1 aromatic carbocycles. The highest BCUT2D eigenvalue weighted by molar-refractivity contribution is 7.89. The smallest absolute Gasteiger partial charge is 0.239 e. The molecule has 3 rings (SSSR count). The molecule has 0 bridgehead atoms. The van der Waals surface area contributed by atoms with Crippen LogP contribution in [0.15, 0.2) is 41.8 Å². The molecule has 7 heteroatoms. The summed E-state index contributed by atoms with van der Waals surface area (Å²) in [6.07, 6.45) is 0.408. The summed E-state index contributed by atoms with van der Waals surface area (Å²) in [6.45, 7) is 2.29. The van der Waals surface area contributed by atoms with Crippen molar-refractivity contribution in [2.75, 3.05) is 5.75 Å². The van der Waals surface area contributed by atoms with Gasteiger partial charge < -0.3 is 5.32 Å². The van der Waals surface area contributed by atoms with E-state index < -0.39 is 16.1 Å². The topological polar surface area (TPSA) is 66.5 Å². The number of amides is 1. The minimum Gasteiger partial charge on any atom is -0.350 e. The third kappa shape index (κ3) is 3.53. The molecule has 1 amide bonds. The number of carbonyl (C=O) groups is 1. The van der Waals surface area contributed by atoms with Crippen LogP contribution < -0.4 is 5.32 Å². The summed E-state index contributed by atoms with van der Waals surface area (Å²) in [5.74, 6) is -0.251. The van der Waals surface area contributed by atoms with E-state index in [1.807, 2.05) is 41.8 Å². The average Bonchev–Trinajstić information content (AvgIpc) is 3.12. The molecular weight excluding hydrogens is 344 g/mol. The minimum atomic E-state index is -3.46. The Labute approximate surface area is 146 Å². The maximum absolute atomic E-state index is 12.7. The Morgan fingerprint density at radius 2 is 2.00 bits per heavy atom. The second-order valence-electron chi connectivity index (χ2n) is 5.73. The molecule has 1 aromatic heterocycles. The SMILES string of the molecule is CCS(=O)(=O)N1Cc2ccccc2CC1C(=O)NCc1cccs1. The predicted molar refractivity (Wildman–Crippen MR) is 95.1 cm³/mol. The first-order valence-corrected chi connectivity index (χ1v) is 10.4. The van der Waals surface area contributed by atoms with Crippen LogP contribution in [-0.4, -0.2) is 30.4 Å². The van der Waals surface area contributed by atoms with E-state index >= 15 is 0 Å². The van der Waals surface area contributed by atoms with Gasteiger partial charge in [0.1, 0.15) is 6.04 Å². The second-order valence-corrected chi connectivity index (χ2v) is 8.97. The zero-order valence-corrected chi connectivity index (χ0v) is 15.1. The zero-order valence-electron chi connectivity index (χ0n) is 13.4. The van der Waals surface area contributed by atoms with E-state index in [4.69, 9.17) is 0 Å². The number of hydrogen-bond donors (Lipinski definition) is 1. The Balaban J connectivity index is 1.83. The molecule has 0 saturated carbocycles. The molecule has 1 N–H and O–H groups in total. The summed E-state index contributed by atoms with van der Waals surface area (Å²) in [7, 11) is -3.46. The number of nitrogens with zero attached hydrogens (tertiary/aromatic N) is 1. The van der Waals surface area contributed by atoms with Crippen molar-refractivity contribution < 1.29 is 13.2 Å². The van der Waals surface area contributed by atoms with Gasteiger partial charge in [-0.3, -0.25) is 4.79 Å². The van der Waals surface area contributed by atoms with Crippen LogP contribution in [0.2, 0.25) is 0 Å². The van der Waals surface area contributed by atoms with E-state index in [2.05, 4.69) is 5.32 Å². The van der Waals surface area contributed by atoms with Gasteiger partial charge in [0.15, 0.2) is 0 Å². The minimum absolute atomic E-state index is 0.0100. The van der Waals surface area contributed by atoms with Gasteiger partial charge in [-0.1, -0.05) is 30.3 Å². The summed E-state index contributed by atoms with van der Waals surface area (Å²) >= 11 is 1.56. The normalized spacial score (nSPS) is 18.1. The molecule has 2 aromatic rings. The molecule has 2 heterocycles. The van der Waals surface area contributed by atoms with E-state index in [1.54, 1.807) is 18.3 Å². The van der Waals surface area contributed by atoms with Gasteiger partial charge in [0.2, 0.25) is 15.9 Å². The highest BCUT2D eigenvalue weighted by Gasteiger charge is 2.37. The zero-order chi connectivity index (χ0) is 17.2. The van der Waals surface area contributed by atoms with Gasteiger partial charge in [-0.05, 0) is 35.9 Å². The lowest BCUT2D eigenvalue weighted by Crippen LogP contribution is -2.52. The van der Waals surface area contributed by atoms with Gasteiger partial charge in [0, 0.05) is 11.4 Å². The standard InChI is InChI=1S/C17H20N2O3S2/c1-2-24(21,22)19-12-14-7-4-3-6-13(14)10-16(19)17(20)18-11-15-8-5-9-23-15/h3-9,16H,2,10-12H2,1H3,(H,18,20). The summed E-state index contributed by atoms with van der Waals surface area (Å²) in [5.41, 5.74) is 2.01. The van der Waals surface area contributed by atoms with Crippen LogP contribution in [0.5, 0.6) is 0 Å². The van der Waals surface area contributed by atoms with Gasteiger partial charge in [-0.25, -0.2) is 8.42 Å². The fourth-order valence-corrected chi connectivity index (χ4v) is 4.76. The summed E-state index contributed by atoms with van der Waals surface area (Å²) < 4.78 is 26.3. The summed E-state index contributed by atoms with van der Waals surface area (Å²) in [4.78, 5) is 13.7. The van der Waals surface area contributed by atoms with Crippen molar-refractivity contribution in [3.63, 3.8) is 0 Å². The van der Waals surface area contributed by atoms with Crippen molar-refractivity contribution in [1.29, 1.82) is 0 Å². The Bertz CT molecular complexity index is 816. The van der Waals surface area contributed by atoms with Crippen LogP contribution in [0.4, 0.5) is 0 Å². The largest absolute Gasteiger partial charge is 0.350 e. The van der Waals surface area contributed by atoms with Crippen LogP contribution in [0.1, 0.15) is 22.9 Å². The molecule has 24 heavy (non-hydrogen) atoms. The average molecular weight is 364 g/mol. The maximum Gasteiger partial charge on any atom is 0.239 e. The quantitative estimate of drug-likeness (QED) is 0.884. The van der Waals surface area contributed by atoms with Crippen molar-refractivity contribution in [2.45, 2.75) is 32.5 Å². The third-order valence-electron chi connectivity index (χ3n) is 4.25. The van der Waals surface area contributed by atoms with Crippen LogP contribution in [0.25, 0.3) is 0 Å². The molecule has 1 aliphatic heterocycles. The van der Waals surface area contributed by atoms with E-state index in [0.29, 0.717) is 13.0 Å². The lowest BCUT2D eigenvalue weighted by Gasteiger charge is -2.34. The van der Waals surface area contributed by atoms with Gasteiger partial charge in [-0.15, -0.1) is 11.3 Å². The van der Waals surface area contributed by atoms with Crippen LogP contribution >= 0.6 is 11.3 Å². The van der Waals surface area contributed by atoms with Crippen LogP contribution in [-0.2, 0) is 34.3 Å². The van der Waals surface area contributed by atoms with Crippen molar-refractivity contribution in [1.82, 2.24) is 9.62 Å². The van der Waals surface area contributed by atoms with Crippen molar-refractivity contribution in [3.05, 3.63) is 57.8 Å². The highest BCUT2D eigenvalue weighted by atomic mass is 32.2. The molecule has 0 spiro atoms. The van der Waals surface area contributed by atoms with Gasteiger partial charge in [0.25, 0.3) is 0 Å². The lowest BCUT2D eigenvalue weighted by molar-refractivity contribution is -0.125. The molecule has 0 aliphatic carbocycles. The Morgan fingerprint density at radius 3 is 2.67 bits per heavy atom. The van der Waals surface area contributed by atoms with Crippen LogP contribution in [0, 0.1) is 0 Å². The van der Waals surface area contributed by atoms with E-state index in [-0.39, 0.29) is 18.2 Å². The number of thiophene rings is 1. The highest BCUT2D eigenvalue weighted by Crippen LogP contribution is 2.26. The second kappa shape index (κ2) is 7.04. The molecule has 1 aliphatic rings. The number of rotatable bonds is 5. The maximum atomic E-state index is 12.7. The van der Waals surface area contributed by atoms with Crippen molar-refractivity contribution >= 4 is 27.3 Å². The van der Waals surface area contributed by atoms with Gasteiger partial charge in [-0.2, -0.15) is 4.31 Å². The molecule has 0 fully saturated rings. The molecule has 1 unspecified atom stereocenters. The van der Waals surface area contributed by atoms with Crippen LogP contribution in [0.3, 0.4) is 0 Å². The number of carbonyl (C=O) groups excluding carboxylic acids is 1. The summed E-state index contributed by atoms with van der Waals surface area (Å²) in [5, 5.41) is 4.83. The fraction of sp³-hybridized carbons (Fsp3) is 0.353. The fourth-order valence-electron chi connectivity index (χ4n) is 2.89. The third-order valence-corrected chi connectivity index (χ3v) is 6.95.